The molecule has 0 radical (unpaired) electrons. The highest BCUT2D eigenvalue weighted by atomic mass is 28.3. The summed E-state index contributed by atoms with van der Waals surface area (Å²) in [5.41, 5.74) is -3.85. The van der Waals surface area contributed by atoms with Gasteiger partial charge in [-0.05, 0) is 91.9 Å². The minimum atomic E-state index is -1.83. The van der Waals surface area contributed by atoms with Crippen LogP contribution in [0.25, 0.3) is 0 Å². The zero-order valence-corrected chi connectivity index (χ0v) is 48.4. The molecule has 80 heavy (non-hydrogen) atoms. The molecule has 16 heteroatoms. The quantitative estimate of drug-likeness (QED) is 0.0178. The van der Waals surface area contributed by atoms with Gasteiger partial charge < -0.3 is 52.1 Å². The van der Waals surface area contributed by atoms with E-state index in [4.69, 9.17) is 52.1 Å². The van der Waals surface area contributed by atoms with Crippen LogP contribution in [0.4, 0.5) is 0 Å². The standard InChI is InChI=1S/C64H78O15Si/c1-61(2)51-33-34-64(61,79-60(68)49-27-19-12-20-28-49)55(78-59(67)48-25-17-11-18-26-48)37-52-62(3,57(65)56(51)76-42-69-4)53(75-43-72-39-45-21-13-9-14-22-45)38-54(73-40-46-29-31-50(70-5)32-30-46)63(52,77-44-71-35-36-80(6,7)8)41-74-58(66)47-23-15-10-16-24-47/h9-32,51-56H,33-44H2,1-8H3/t51?,52-,53-,54+,55-,56+,62-,63+,64?/m0/s1. The molecule has 15 nitrogen and oxygen atoms in total. The predicted octanol–water partition coefficient (Wildman–Crippen LogP) is 11.3. The van der Waals surface area contributed by atoms with E-state index in [-0.39, 0.29) is 75.3 Å². The van der Waals surface area contributed by atoms with Crippen molar-refractivity contribution in [1.82, 2.24) is 0 Å². The average Bonchev–Trinajstić information content (AvgIpc) is 3.98. The summed E-state index contributed by atoms with van der Waals surface area (Å²) in [4.78, 5) is 61.3. The zero-order valence-electron chi connectivity index (χ0n) is 47.4. The third-order valence-electron chi connectivity index (χ3n) is 16.8. The molecule has 3 aliphatic rings. The molecule has 2 bridgehead atoms. The molecule has 0 amide bonds. The van der Waals surface area contributed by atoms with Crippen molar-refractivity contribution in [3.63, 3.8) is 0 Å². The van der Waals surface area contributed by atoms with Gasteiger partial charge in [-0.1, -0.05) is 131 Å². The van der Waals surface area contributed by atoms with Gasteiger partial charge in [0.05, 0.1) is 54.6 Å². The summed E-state index contributed by atoms with van der Waals surface area (Å²) < 4.78 is 72.5. The maximum Gasteiger partial charge on any atom is 0.338 e. The summed E-state index contributed by atoms with van der Waals surface area (Å²) in [7, 11) is 1.45. The Kier molecular flexibility index (Phi) is 20.0. The van der Waals surface area contributed by atoms with Crippen LogP contribution >= 0.6 is 0 Å². The Morgan fingerprint density at radius 3 is 1.79 bits per heavy atom. The number of hydrogen-bond donors (Lipinski definition) is 0. The van der Waals surface area contributed by atoms with Crippen LogP contribution in [0, 0.1) is 22.7 Å². The average molecular weight is 1120 g/mol. The Balaban J connectivity index is 1.37. The van der Waals surface area contributed by atoms with E-state index >= 15 is 9.59 Å². The maximum atomic E-state index is 16.9. The first-order valence-electron chi connectivity index (χ1n) is 27.6. The third kappa shape index (κ3) is 13.5. The van der Waals surface area contributed by atoms with Gasteiger partial charge in [-0.15, -0.1) is 0 Å². The maximum absolute atomic E-state index is 16.9. The van der Waals surface area contributed by atoms with Crippen LogP contribution in [0.3, 0.4) is 0 Å². The lowest BCUT2D eigenvalue weighted by molar-refractivity contribution is -0.297. The zero-order chi connectivity index (χ0) is 57.0. The number of methoxy groups -OCH3 is 2. The van der Waals surface area contributed by atoms with E-state index in [1.807, 2.05) is 75.4 Å². The minimum Gasteiger partial charge on any atom is -0.497 e. The lowest BCUT2D eigenvalue weighted by Crippen LogP contribution is -2.71. The molecule has 5 aromatic carbocycles. The normalized spacial score (nSPS) is 26.2. The van der Waals surface area contributed by atoms with Crippen LogP contribution in [-0.2, 0) is 65.4 Å². The van der Waals surface area contributed by atoms with Gasteiger partial charge in [0.1, 0.15) is 50.5 Å². The third-order valence-corrected chi connectivity index (χ3v) is 18.5. The molecular formula is C64H78O15Si. The summed E-state index contributed by atoms with van der Waals surface area (Å²) in [6.45, 7) is 11.7. The fourth-order valence-electron chi connectivity index (χ4n) is 12.1. The van der Waals surface area contributed by atoms with Crippen molar-refractivity contribution in [2.24, 2.45) is 22.7 Å². The fraction of sp³-hybridized carbons (Fsp3) is 0.469. The predicted molar refractivity (Wildman–Crippen MR) is 301 cm³/mol. The number of ether oxygens (including phenoxy) is 11. The van der Waals surface area contributed by atoms with Gasteiger partial charge in [-0.3, -0.25) is 4.79 Å². The van der Waals surface area contributed by atoms with Crippen LogP contribution in [0.5, 0.6) is 5.75 Å². The first kappa shape index (κ1) is 60.0. The number of benzene rings is 5. The first-order valence-corrected chi connectivity index (χ1v) is 31.3. The Labute approximate surface area is 471 Å². The lowest BCUT2D eigenvalue weighted by Gasteiger charge is -2.59. The van der Waals surface area contributed by atoms with E-state index in [1.54, 1.807) is 98.1 Å². The van der Waals surface area contributed by atoms with E-state index in [1.165, 1.54) is 7.11 Å². The molecule has 0 N–H and O–H groups in total. The van der Waals surface area contributed by atoms with Crippen LogP contribution in [-0.4, -0.2) is 115 Å². The van der Waals surface area contributed by atoms with Crippen LogP contribution in [0.2, 0.25) is 25.7 Å². The van der Waals surface area contributed by atoms with Gasteiger partial charge in [0, 0.05) is 45.5 Å². The molecule has 0 aromatic heterocycles. The van der Waals surface area contributed by atoms with Crippen LogP contribution in [0.15, 0.2) is 146 Å². The smallest absolute Gasteiger partial charge is 0.338 e. The first-order chi connectivity index (χ1) is 38.5. The molecular weight excluding hydrogens is 1040 g/mol. The Morgan fingerprint density at radius 1 is 0.600 bits per heavy atom. The van der Waals surface area contributed by atoms with Crippen LogP contribution < -0.4 is 4.74 Å². The molecule has 9 atom stereocenters. The topological polar surface area (TPSA) is 170 Å². The molecule has 0 spiro atoms. The Hall–Kier alpha value is -6.08. The second-order valence-corrected chi connectivity index (χ2v) is 28.7. The monoisotopic (exact) mass is 1110 g/mol. The molecule has 8 rings (SSSR count). The second kappa shape index (κ2) is 26.7. The summed E-state index contributed by atoms with van der Waals surface area (Å²) in [6.07, 6.45) is -4.41. The number of Topliss-reactive ketones (excluding diaryl/α,β-unsaturated/α-hetero) is 1. The lowest BCUT2D eigenvalue weighted by atomic mass is 9.53. The number of carbonyl (C=O) groups is 4. The largest absolute Gasteiger partial charge is 0.497 e. The van der Waals surface area contributed by atoms with Crippen LogP contribution in [0.1, 0.15) is 88.7 Å². The Bertz CT molecular complexity index is 2790. The SMILES string of the molecule is COCO[C@H]1C(=O)[C@]2(C)[C@@H](OCOCc3ccccc3)C[C@@H](OCc3ccc(OC)cc3)[C@](COC(=O)c3ccccc3)(OCOCC[Si](C)(C)C)[C@H]2C[C@H](OC(=O)c2ccccc2)C2(OC(=O)c3ccccc3)CCC1C2(C)C. The van der Waals surface area contributed by atoms with Crippen molar-refractivity contribution >= 4 is 31.8 Å². The van der Waals surface area contributed by atoms with Gasteiger partial charge in [0.15, 0.2) is 11.4 Å². The number of rotatable bonds is 25. The van der Waals surface area contributed by atoms with Gasteiger partial charge >= 0.3 is 17.9 Å². The van der Waals surface area contributed by atoms with Gasteiger partial charge in [-0.25, -0.2) is 14.4 Å². The molecule has 3 fully saturated rings. The molecule has 3 saturated carbocycles. The van der Waals surface area contributed by atoms with Crippen molar-refractivity contribution in [3.05, 3.63) is 173 Å². The summed E-state index contributed by atoms with van der Waals surface area (Å²) in [5, 5.41) is 0. The minimum absolute atomic E-state index is 0.00491. The highest BCUT2D eigenvalue weighted by Gasteiger charge is 2.73. The number of esters is 3. The van der Waals surface area contributed by atoms with Crippen molar-refractivity contribution in [2.75, 3.05) is 47.8 Å². The summed E-state index contributed by atoms with van der Waals surface area (Å²) >= 11 is 0. The van der Waals surface area contributed by atoms with Crippen molar-refractivity contribution in [1.29, 1.82) is 0 Å². The summed E-state index contributed by atoms with van der Waals surface area (Å²) in [6, 6.07) is 43.7. The molecule has 2 unspecified atom stereocenters. The number of fused-ring (bicyclic) bond motifs is 3. The molecule has 0 aliphatic heterocycles. The van der Waals surface area contributed by atoms with E-state index < -0.39 is 90.9 Å². The fourth-order valence-corrected chi connectivity index (χ4v) is 12.9. The van der Waals surface area contributed by atoms with E-state index in [0.29, 0.717) is 18.8 Å². The molecule has 0 saturated heterocycles. The highest BCUT2D eigenvalue weighted by Crippen LogP contribution is 2.63. The van der Waals surface area contributed by atoms with Crippen molar-refractivity contribution in [2.45, 2.75) is 121 Å². The molecule has 3 aliphatic carbocycles. The van der Waals surface area contributed by atoms with Gasteiger partial charge in [0.25, 0.3) is 0 Å². The summed E-state index contributed by atoms with van der Waals surface area (Å²) in [5.74, 6) is -3.58. The molecule has 5 aromatic rings. The van der Waals surface area contributed by atoms with Crippen molar-refractivity contribution < 1.29 is 71.3 Å². The molecule has 428 valence electrons. The second-order valence-electron chi connectivity index (χ2n) is 23.1. The van der Waals surface area contributed by atoms with E-state index in [2.05, 4.69) is 19.6 Å². The van der Waals surface area contributed by atoms with Gasteiger partial charge in [0.2, 0.25) is 0 Å². The number of hydrogen-bond acceptors (Lipinski definition) is 15. The van der Waals surface area contributed by atoms with E-state index in [9.17, 15) is 9.59 Å². The van der Waals surface area contributed by atoms with Crippen molar-refractivity contribution in [3.8, 4) is 5.75 Å². The van der Waals surface area contributed by atoms with E-state index in [0.717, 1.165) is 17.2 Å². The number of ketones is 1. The van der Waals surface area contributed by atoms with Gasteiger partial charge in [-0.2, -0.15) is 0 Å². The Morgan fingerprint density at radius 2 is 1.19 bits per heavy atom. The molecule has 0 heterocycles. The number of carbonyl (C=O) groups excluding carboxylic acids is 4. The highest BCUT2D eigenvalue weighted by molar-refractivity contribution is 6.76.